The van der Waals surface area contributed by atoms with Crippen LogP contribution in [-0.4, -0.2) is 22.2 Å². The maximum absolute atomic E-state index is 10.9. The van der Waals surface area contributed by atoms with E-state index in [9.17, 15) is 13.7 Å². The number of hydrogen-bond donors (Lipinski definition) is 0. The molecule has 0 saturated heterocycles. The van der Waals surface area contributed by atoms with Gasteiger partial charge in [-0.05, 0) is 113 Å². The van der Waals surface area contributed by atoms with Gasteiger partial charge in [0.15, 0.2) is 8.07 Å². The van der Waals surface area contributed by atoms with Gasteiger partial charge in [0, 0.05) is 23.0 Å². The Morgan fingerprint density at radius 1 is 0.513 bits per heavy atom. The Hall–Kier alpha value is -8.58. The van der Waals surface area contributed by atoms with E-state index in [0.29, 0.717) is 45.0 Å². The molecule has 0 spiro atoms. The molecule has 78 heavy (non-hydrogen) atoms. The molecule has 384 valence electrons. The van der Waals surface area contributed by atoms with Gasteiger partial charge in [-0.15, -0.1) is 0 Å². The smallest absolute Gasteiger partial charge is 0.269 e. The van der Waals surface area contributed by atoms with Crippen molar-refractivity contribution in [2.75, 3.05) is 0 Å². The first-order valence-electron chi connectivity index (χ1n) is 35.2. The Kier molecular flexibility index (Phi) is 8.20. The topological polar surface area (TPSA) is 35.9 Å². The van der Waals surface area contributed by atoms with Crippen molar-refractivity contribution in [3.8, 4) is 39.8 Å². The lowest BCUT2D eigenvalue weighted by Gasteiger charge is -2.35. The predicted octanol–water partition coefficient (Wildman–Crippen LogP) is 14.9. The monoisotopic (exact) mass is 1050 g/mol. The lowest BCUT2D eigenvalue weighted by atomic mass is 9.77. The van der Waals surface area contributed by atoms with E-state index in [-0.39, 0.29) is 11.0 Å². The van der Waals surface area contributed by atoms with Crippen LogP contribution in [0.4, 0.5) is 0 Å². The van der Waals surface area contributed by atoms with E-state index >= 15 is 0 Å². The fourth-order valence-electron chi connectivity index (χ4n) is 10.3. The summed E-state index contributed by atoms with van der Waals surface area (Å²) in [7, 11) is -6.20. The van der Waals surface area contributed by atoms with E-state index in [2.05, 4.69) is 49.9 Å². The molecule has 12 aromatic rings. The van der Waals surface area contributed by atoms with Crippen LogP contribution in [0, 0.1) is 6.33 Å². The normalized spacial score (nSPS) is 15.8. The Bertz CT molecular complexity index is 5100. The number of fused-ring (bicyclic) bond motifs is 4. The minimum Gasteiger partial charge on any atom is -0.458 e. The summed E-state index contributed by atoms with van der Waals surface area (Å²) in [5.74, 6) is 1.75. The number of ether oxygens (including phenoxy) is 1. The third kappa shape index (κ3) is 8.94. The van der Waals surface area contributed by atoms with E-state index in [1.54, 1.807) is 10.6 Å². The number of hydrogen-bond acceptors (Lipinski definition) is 2. The molecule has 0 bridgehead atoms. The molecule has 0 unspecified atom stereocenters. The molecule has 0 fully saturated rings. The quantitative estimate of drug-likeness (QED) is 0.0592. The molecule has 0 aliphatic rings. The second-order valence-electron chi connectivity index (χ2n) is 22.5. The highest BCUT2D eigenvalue weighted by atomic mass is 28.3. The number of benzene rings is 9. The number of aromatic nitrogens is 4. The maximum Gasteiger partial charge on any atom is 0.269 e. The summed E-state index contributed by atoms with van der Waals surface area (Å²) >= 11 is 0. The van der Waals surface area contributed by atoms with Crippen molar-refractivity contribution < 1.29 is 35.3 Å². The fourth-order valence-corrected chi connectivity index (χ4v) is 13.9. The van der Waals surface area contributed by atoms with Crippen molar-refractivity contribution in [1.29, 1.82) is 0 Å². The van der Waals surface area contributed by atoms with Crippen molar-refractivity contribution in [3.05, 3.63) is 259 Å². The van der Waals surface area contributed by atoms with Gasteiger partial charge in [-0.25, -0.2) is 4.98 Å². The molecule has 12 rings (SSSR count). The van der Waals surface area contributed by atoms with Crippen molar-refractivity contribution in [2.24, 2.45) is 0 Å². The molecular weight excluding hydrogens is 965 g/mol. The number of pyridine rings is 1. The molecule has 0 atom stereocenters. The van der Waals surface area contributed by atoms with E-state index < -0.39 is 160 Å². The number of imidazole rings is 1. The molecule has 0 aliphatic carbocycles. The summed E-state index contributed by atoms with van der Waals surface area (Å²) in [6.45, 7) is 18.2. The van der Waals surface area contributed by atoms with Crippen LogP contribution >= 0.6 is 0 Å². The van der Waals surface area contributed by atoms with Gasteiger partial charge in [0.25, 0.3) is 6.33 Å². The second-order valence-corrected chi connectivity index (χ2v) is 26.0. The van der Waals surface area contributed by atoms with E-state index in [4.69, 9.17) is 22.1 Å². The van der Waals surface area contributed by atoms with Crippen molar-refractivity contribution in [3.63, 3.8) is 0 Å². The molecule has 9 aromatic carbocycles. The van der Waals surface area contributed by atoms with Gasteiger partial charge in [0.05, 0.1) is 59.5 Å². The third-order valence-electron chi connectivity index (χ3n) is 14.3. The summed E-state index contributed by atoms with van der Waals surface area (Å²) in [4.78, 5) is 4.86. The van der Waals surface area contributed by atoms with Gasteiger partial charge in [-0.3, -0.25) is 13.7 Å². The fraction of sp³-hybridized carbons (Fsp3) is 0.167. The zero-order valence-corrected chi connectivity index (χ0v) is 45.7. The van der Waals surface area contributed by atoms with Gasteiger partial charge >= 0.3 is 0 Å². The van der Waals surface area contributed by atoms with Crippen LogP contribution in [0.1, 0.15) is 105 Å². The summed E-state index contributed by atoms with van der Waals surface area (Å²) in [5, 5.41) is -1.61. The first-order valence-corrected chi connectivity index (χ1v) is 27.7. The van der Waals surface area contributed by atoms with Crippen molar-refractivity contribution >= 4 is 61.7 Å². The second kappa shape index (κ2) is 19.5. The molecule has 3 heterocycles. The largest absolute Gasteiger partial charge is 0.458 e. The van der Waals surface area contributed by atoms with Crippen LogP contribution in [0.25, 0.3) is 61.2 Å². The first-order chi connectivity index (χ1) is 45.5. The van der Waals surface area contributed by atoms with Gasteiger partial charge < -0.3 is 4.74 Å². The Labute approximate surface area is 487 Å². The van der Waals surface area contributed by atoms with Crippen LogP contribution in [-0.2, 0) is 16.2 Å². The summed E-state index contributed by atoms with van der Waals surface area (Å²) < 4.78 is 193. The molecular formula is C72H66N4OSi. The van der Waals surface area contributed by atoms with E-state index in [1.165, 1.54) is 0 Å². The molecule has 0 saturated carbocycles. The zero-order valence-electron chi connectivity index (χ0n) is 63.7. The first kappa shape index (κ1) is 32.9. The van der Waals surface area contributed by atoms with Crippen LogP contribution in [0.5, 0.6) is 11.5 Å². The summed E-state index contributed by atoms with van der Waals surface area (Å²) in [6.07, 6.45) is 5.43. The predicted molar refractivity (Wildman–Crippen MR) is 327 cm³/mol. The number of para-hydroxylation sites is 3. The minimum absolute atomic E-state index is 0.0579. The summed E-state index contributed by atoms with van der Waals surface area (Å²) in [6, 6.07) is 17.4. The van der Waals surface area contributed by atoms with Crippen molar-refractivity contribution in [1.82, 2.24) is 14.1 Å². The zero-order chi connectivity index (χ0) is 70.5. The average molecular weight is 1050 g/mol. The lowest BCUT2D eigenvalue weighted by molar-refractivity contribution is -0.572. The third-order valence-corrected chi connectivity index (χ3v) is 18.3. The Balaban J connectivity index is 1.16. The highest BCUT2D eigenvalue weighted by molar-refractivity contribution is 7.19. The summed E-state index contributed by atoms with van der Waals surface area (Å²) in [5.41, 5.74) is 4.18. The molecule has 5 nitrogen and oxygen atoms in total. The number of rotatable bonds is 10. The highest BCUT2D eigenvalue weighted by Gasteiger charge is 2.42. The van der Waals surface area contributed by atoms with Crippen LogP contribution in [0.15, 0.2) is 236 Å². The van der Waals surface area contributed by atoms with Gasteiger partial charge in [-0.2, -0.15) is 0 Å². The average Bonchev–Trinajstić information content (AvgIpc) is 1.21. The van der Waals surface area contributed by atoms with E-state index in [1.807, 2.05) is 143 Å². The lowest BCUT2D eigenvalue weighted by Crippen LogP contribution is -2.74. The Morgan fingerprint density at radius 2 is 1.12 bits per heavy atom. The molecule has 0 N–H and O–H groups in total. The van der Waals surface area contributed by atoms with Gasteiger partial charge in [0.2, 0.25) is 0 Å². The number of nitrogens with zero attached hydrogens (tertiary/aromatic N) is 4. The standard InChI is InChI=1S/C72H66N4OSi/c1-70(2,3)51-41-42-73-68(46-51)76-64-36-20-19-35-60(64)61-40-39-55(48-67(61)76)77-54-27-24-26-53(47-54)74-49-75(66-38-22-21-37-65(66)74)69-62(44-52(71(4,5)6)45-63(69)72(7,8)9)50-25-23-34-59(43-50)78(56-28-13-10-14-29-56,57-30-15-11-16-31-57)58-32-17-12-18-33-58/h10-48H,1-9H3/i10D,11D,12D,13D,14D,15D,16D,17D,18D,23D,25D,28D,29D,30D,31D,32D,33D,34D,43D. The van der Waals surface area contributed by atoms with Crippen LogP contribution in [0.2, 0.25) is 0 Å². The molecule has 0 aliphatic heterocycles. The molecule has 6 heteroatoms. The van der Waals surface area contributed by atoms with Crippen LogP contribution in [0.3, 0.4) is 0 Å². The minimum atomic E-state index is -6.20. The SMILES string of the molecule is [2H]c1c([2H])c([2H])c([Si](c2c([2H])c([2H])c([2H])c([2H])c2[2H])(c2c([2H])c([2H])c([2H])c([2H])c2[2H])c2c([2H])c([2H])c([2H])c(-c3cc(C(C)(C)C)cc(C(C)(C)C)c3-[n+]3[c-]n(-c4cccc(Oc5ccc6c7ccccc7n(-c7cc(C(C)(C)C)ccn7)c6c5)c4)c4ccccc43)c2[2H])c([2H])c1[2H]. The molecule has 0 amide bonds. The molecule has 3 aromatic heterocycles. The highest BCUT2D eigenvalue weighted by Crippen LogP contribution is 2.40. The maximum atomic E-state index is 10.9. The Morgan fingerprint density at radius 3 is 1.77 bits per heavy atom. The van der Waals surface area contributed by atoms with Gasteiger partial charge in [-0.1, -0.05) is 238 Å². The van der Waals surface area contributed by atoms with Gasteiger partial charge in [0.1, 0.15) is 17.3 Å². The van der Waals surface area contributed by atoms with E-state index in [0.717, 1.165) is 33.2 Å². The van der Waals surface area contributed by atoms with Crippen molar-refractivity contribution in [2.45, 2.75) is 78.6 Å². The molecule has 0 radical (unpaired) electrons. The van der Waals surface area contributed by atoms with Crippen LogP contribution < -0.4 is 30.1 Å².